The number of hydrogen-bond acceptors (Lipinski definition) is 3. The van der Waals surface area contributed by atoms with Crippen molar-refractivity contribution >= 4 is 0 Å². The quantitative estimate of drug-likeness (QED) is 0.688. The molecule has 0 unspecified atom stereocenters. The predicted octanol–water partition coefficient (Wildman–Crippen LogP) is -0.198. The van der Waals surface area contributed by atoms with Gasteiger partial charge in [0.15, 0.2) is 0 Å². The van der Waals surface area contributed by atoms with Gasteiger partial charge in [-0.05, 0) is 19.8 Å². The van der Waals surface area contributed by atoms with E-state index in [0.717, 1.165) is 0 Å². The van der Waals surface area contributed by atoms with Gasteiger partial charge in [-0.3, -0.25) is 9.36 Å². The van der Waals surface area contributed by atoms with Crippen molar-refractivity contribution in [3.63, 3.8) is 0 Å². The van der Waals surface area contributed by atoms with E-state index >= 15 is 0 Å². The molecular formula is C10H16N2O3. The molecule has 84 valence electrons. The monoisotopic (exact) mass is 212 g/mol. The van der Waals surface area contributed by atoms with E-state index in [0.29, 0.717) is 25.9 Å². The minimum Gasteiger partial charge on any atom is -0.396 e. The highest BCUT2D eigenvalue weighted by Gasteiger charge is 2.02. The summed E-state index contributed by atoms with van der Waals surface area (Å²) < 4.78 is 2.69. The van der Waals surface area contributed by atoms with Gasteiger partial charge in [-0.1, -0.05) is 0 Å². The SMILES string of the molecule is CCn1ccc(=O)n(CCCCO)c1=O. The highest BCUT2D eigenvalue weighted by Crippen LogP contribution is 1.89. The normalized spacial score (nSPS) is 10.5. The second kappa shape index (κ2) is 5.50. The fourth-order valence-corrected chi connectivity index (χ4v) is 1.39. The summed E-state index contributed by atoms with van der Waals surface area (Å²) >= 11 is 0. The standard InChI is InChI=1S/C10H16N2O3/c1-2-11-7-5-9(14)12(10(11)15)6-3-4-8-13/h5,7,13H,2-4,6,8H2,1H3. The van der Waals surface area contributed by atoms with Crippen LogP contribution in [0.3, 0.4) is 0 Å². The van der Waals surface area contributed by atoms with Crippen LogP contribution in [0.2, 0.25) is 0 Å². The lowest BCUT2D eigenvalue weighted by Gasteiger charge is -2.07. The van der Waals surface area contributed by atoms with Crippen LogP contribution in [0.4, 0.5) is 0 Å². The molecule has 1 aromatic heterocycles. The van der Waals surface area contributed by atoms with E-state index in [4.69, 9.17) is 5.11 Å². The summed E-state index contributed by atoms with van der Waals surface area (Å²) in [5.74, 6) is 0. The first-order valence-electron chi connectivity index (χ1n) is 5.12. The van der Waals surface area contributed by atoms with Crippen molar-refractivity contribution < 1.29 is 5.11 Å². The Kier molecular flexibility index (Phi) is 4.30. The molecule has 5 nitrogen and oxygen atoms in total. The Morgan fingerprint density at radius 1 is 1.33 bits per heavy atom. The van der Waals surface area contributed by atoms with Crippen LogP contribution < -0.4 is 11.2 Å². The molecule has 0 atom stereocenters. The molecule has 0 spiro atoms. The number of aliphatic hydroxyl groups excluding tert-OH is 1. The van der Waals surface area contributed by atoms with Crippen molar-refractivity contribution in [2.45, 2.75) is 32.9 Å². The summed E-state index contributed by atoms with van der Waals surface area (Å²) in [7, 11) is 0. The lowest BCUT2D eigenvalue weighted by molar-refractivity contribution is 0.280. The van der Waals surface area contributed by atoms with Gasteiger partial charge < -0.3 is 9.67 Å². The summed E-state index contributed by atoms with van der Waals surface area (Å²) in [6, 6.07) is 1.39. The smallest absolute Gasteiger partial charge is 0.330 e. The van der Waals surface area contributed by atoms with Crippen molar-refractivity contribution in [2.75, 3.05) is 6.61 Å². The molecule has 5 heteroatoms. The van der Waals surface area contributed by atoms with Crippen molar-refractivity contribution in [3.8, 4) is 0 Å². The second-order valence-electron chi connectivity index (χ2n) is 3.30. The van der Waals surface area contributed by atoms with Crippen LogP contribution in [0, 0.1) is 0 Å². The number of rotatable bonds is 5. The lowest BCUT2D eigenvalue weighted by atomic mass is 10.3. The first-order chi connectivity index (χ1) is 7.20. The Morgan fingerprint density at radius 3 is 2.67 bits per heavy atom. The molecule has 15 heavy (non-hydrogen) atoms. The summed E-state index contributed by atoms with van der Waals surface area (Å²) in [6.07, 6.45) is 2.75. The highest BCUT2D eigenvalue weighted by molar-refractivity contribution is 4.86. The Balaban J connectivity index is 2.95. The lowest BCUT2D eigenvalue weighted by Crippen LogP contribution is -2.38. The fraction of sp³-hybridized carbons (Fsp3) is 0.600. The second-order valence-corrected chi connectivity index (χ2v) is 3.30. The van der Waals surface area contributed by atoms with Gasteiger partial charge in [-0.15, -0.1) is 0 Å². The van der Waals surface area contributed by atoms with Gasteiger partial charge in [0, 0.05) is 32.0 Å². The van der Waals surface area contributed by atoms with Crippen molar-refractivity contribution in [3.05, 3.63) is 33.1 Å². The minimum absolute atomic E-state index is 0.0869. The maximum absolute atomic E-state index is 11.7. The Morgan fingerprint density at radius 2 is 2.07 bits per heavy atom. The molecule has 1 N–H and O–H groups in total. The predicted molar refractivity (Wildman–Crippen MR) is 57.0 cm³/mol. The molecule has 1 aromatic rings. The van der Waals surface area contributed by atoms with Crippen molar-refractivity contribution in [1.82, 2.24) is 9.13 Å². The number of aromatic nitrogens is 2. The van der Waals surface area contributed by atoms with Gasteiger partial charge in [0.25, 0.3) is 5.56 Å². The summed E-state index contributed by atoms with van der Waals surface area (Å²) in [5, 5.41) is 8.61. The van der Waals surface area contributed by atoms with Crippen molar-refractivity contribution in [2.24, 2.45) is 0 Å². The summed E-state index contributed by atoms with van der Waals surface area (Å²) in [5.41, 5.74) is -0.550. The number of hydrogen-bond donors (Lipinski definition) is 1. The molecule has 0 aliphatic heterocycles. The Labute approximate surface area is 87.6 Å². The molecule has 0 fully saturated rings. The van der Waals surface area contributed by atoms with E-state index in [9.17, 15) is 9.59 Å². The van der Waals surface area contributed by atoms with Crippen LogP contribution in [0.15, 0.2) is 21.9 Å². The molecule has 0 saturated heterocycles. The molecule has 1 heterocycles. The van der Waals surface area contributed by atoms with Gasteiger partial charge in [0.05, 0.1) is 0 Å². The maximum atomic E-state index is 11.7. The third-order valence-corrected chi connectivity index (χ3v) is 2.27. The number of aliphatic hydroxyl groups is 1. The largest absolute Gasteiger partial charge is 0.396 e. The minimum atomic E-state index is -0.275. The Hall–Kier alpha value is -1.36. The van der Waals surface area contributed by atoms with Gasteiger partial charge in [0.2, 0.25) is 0 Å². The van der Waals surface area contributed by atoms with Gasteiger partial charge in [-0.25, -0.2) is 4.79 Å². The van der Waals surface area contributed by atoms with Crippen LogP contribution in [0.25, 0.3) is 0 Å². The zero-order chi connectivity index (χ0) is 11.3. The number of unbranched alkanes of at least 4 members (excludes halogenated alkanes) is 1. The molecule has 0 bridgehead atoms. The zero-order valence-electron chi connectivity index (χ0n) is 8.85. The number of nitrogens with zero attached hydrogens (tertiary/aromatic N) is 2. The first kappa shape index (κ1) is 11.7. The molecule has 0 aliphatic rings. The van der Waals surface area contributed by atoms with E-state index in [2.05, 4.69) is 0 Å². The zero-order valence-corrected chi connectivity index (χ0v) is 8.85. The van der Waals surface area contributed by atoms with Crippen LogP contribution in [0.5, 0.6) is 0 Å². The molecular weight excluding hydrogens is 196 g/mol. The molecule has 0 aliphatic carbocycles. The van der Waals surface area contributed by atoms with E-state index in [1.54, 1.807) is 0 Å². The van der Waals surface area contributed by atoms with E-state index in [1.165, 1.54) is 21.4 Å². The van der Waals surface area contributed by atoms with Gasteiger partial charge in [-0.2, -0.15) is 0 Å². The van der Waals surface area contributed by atoms with Crippen molar-refractivity contribution in [1.29, 1.82) is 0 Å². The average molecular weight is 212 g/mol. The van der Waals surface area contributed by atoms with Gasteiger partial charge >= 0.3 is 5.69 Å². The third-order valence-electron chi connectivity index (χ3n) is 2.27. The van der Waals surface area contributed by atoms with E-state index < -0.39 is 0 Å². The number of aryl methyl sites for hydroxylation is 1. The summed E-state index contributed by atoms with van der Waals surface area (Å²) in [6.45, 7) is 2.87. The topological polar surface area (TPSA) is 64.2 Å². The molecule has 0 radical (unpaired) electrons. The van der Waals surface area contributed by atoms with Crippen LogP contribution in [-0.4, -0.2) is 20.8 Å². The van der Waals surface area contributed by atoms with E-state index in [-0.39, 0.29) is 17.9 Å². The molecule has 0 aromatic carbocycles. The van der Waals surface area contributed by atoms with Crippen LogP contribution in [-0.2, 0) is 13.1 Å². The summed E-state index contributed by atoms with van der Waals surface area (Å²) in [4.78, 5) is 23.1. The Bertz CT molecular complexity index is 419. The molecule has 0 saturated carbocycles. The van der Waals surface area contributed by atoms with Gasteiger partial charge in [0.1, 0.15) is 0 Å². The molecule has 1 rings (SSSR count). The average Bonchev–Trinajstić information content (AvgIpc) is 2.23. The fourth-order valence-electron chi connectivity index (χ4n) is 1.39. The highest BCUT2D eigenvalue weighted by atomic mass is 16.3. The van der Waals surface area contributed by atoms with Crippen LogP contribution in [0.1, 0.15) is 19.8 Å². The maximum Gasteiger partial charge on any atom is 0.330 e. The first-order valence-corrected chi connectivity index (χ1v) is 5.12. The molecule has 0 amide bonds. The third kappa shape index (κ3) is 2.79. The van der Waals surface area contributed by atoms with E-state index in [1.807, 2.05) is 6.92 Å². The van der Waals surface area contributed by atoms with Crippen LogP contribution >= 0.6 is 0 Å².